The molecule has 1 unspecified atom stereocenters. The van der Waals surface area contributed by atoms with Crippen LogP contribution in [0, 0.1) is 24.2 Å². The molecule has 1 aromatic rings. The van der Waals surface area contributed by atoms with Gasteiger partial charge in [0.05, 0.1) is 13.2 Å². The average Bonchev–Trinajstić information content (AvgIpc) is 2.95. The van der Waals surface area contributed by atoms with Gasteiger partial charge in [0.25, 0.3) is 0 Å². The molecule has 0 amide bonds. The van der Waals surface area contributed by atoms with E-state index in [1.807, 2.05) is 25.1 Å². The van der Waals surface area contributed by atoms with Gasteiger partial charge in [-0.25, -0.2) is 0 Å². The smallest absolute Gasteiger partial charge is 0.157 e. The number of rotatable bonds is 4. The molecular formula is C16H19NO2. The van der Waals surface area contributed by atoms with Gasteiger partial charge < -0.3 is 4.74 Å². The lowest BCUT2D eigenvalue weighted by molar-refractivity contribution is -0.123. The highest BCUT2D eigenvalue weighted by Crippen LogP contribution is 2.32. The summed E-state index contributed by atoms with van der Waals surface area (Å²) in [5.41, 5.74) is 1.76. The highest BCUT2D eigenvalue weighted by atomic mass is 16.5. The van der Waals surface area contributed by atoms with Crippen molar-refractivity contribution in [1.82, 2.24) is 0 Å². The summed E-state index contributed by atoms with van der Waals surface area (Å²) in [6.45, 7) is 1.95. The van der Waals surface area contributed by atoms with E-state index in [4.69, 9.17) is 4.74 Å². The van der Waals surface area contributed by atoms with Crippen molar-refractivity contribution in [1.29, 1.82) is 5.26 Å². The number of benzene rings is 1. The first-order chi connectivity index (χ1) is 9.17. The number of Topliss-reactive ketones (excluding diaryl/α,β-unsaturated/α-hetero) is 1. The molecule has 0 saturated heterocycles. The first-order valence-corrected chi connectivity index (χ1v) is 6.75. The largest absolute Gasteiger partial charge is 0.496 e. The summed E-state index contributed by atoms with van der Waals surface area (Å²) in [4.78, 5) is 12.4. The fourth-order valence-electron chi connectivity index (χ4n) is 2.76. The van der Waals surface area contributed by atoms with Gasteiger partial charge in [-0.3, -0.25) is 4.79 Å². The summed E-state index contributed by atoms with van der Waals surface area (Å²) >= 11 is 0. The van der Waals surface area contributed by atoms with E-state index in [1.165, 1.54) is 0 Å². The van der Waals surface area contributed by atoms with E-state index in [2.05, 4.69) is 6.07 Å². The average molecular weight is 257 g/mol. The van der Waals surface area contributed by atoms with Crippen molar-refractivity contribution >= 4 is 5.78 Å². The number of carbonyl (C=O) groups is 1. The highest BCUT2D eigenvalue weighted by molar-refractivity contribution is 5.90. The van der Waals surface area contributed by atoms with Crippen molar-refractivity contribution in [3.05, 3.63) is 29.3 Å². The number of hydrogen-bond acceptors (Lipinski definition) is 3. The van der Waals surface area contributed by atoms with Gasteiger partial charge in [0.2, 0.25) is 0 Å². The van der Waals surface area contributed by atoms with Gasteiger partial charge in [0, 0.05) is 5.92 Å². The molecule has 1 atom stereocenters. The number of ether oxygens (including phenoxy) is 1. The summed E-state index contributed by atoms with van der Waals surface area (Å²) in [7, 11) is 1.60. The van der Waals surface area contributed by atoms with Gasteiger partial charge in [0.15, 0.2) is 5.78 Å². The SMILES string of the molecule is COc1cc(C(C#N)C(=O)C2CCCC2)ccc1C. The Morgan fingerprint density at radius 3 is 2.68 bits per heavy atom. The molecule has 19 heavy (non-hydrogen) atoms. The number of hydrogen-bond donors (Lipinski definition) is 0. The van der Waals surface area contributed by atoms with E-state index >= 15 is 0 Å². The monoisotopic (exact) mass is 257 g/mol. The zero-order chi connectivity index (χ0) is 13.8. The zero-order valence-electron chi connectivity index (χ0n) is 11.5. The summed E-state index contributed by atoms with van der Waals surface area (Å²) in [5.74, 6) is 0.220. The number of aryl methyl sites for hydroxylation is 1. The lowest BCUT2D eigenvalue weighted by Crippen LogP contribution is -2.19. The Balaban J connectivity index is 2.26. The van der Waals surface area contributed by atoms with Crippen molar-refractivity contribution < 1.29 is 9.53 Å². The third-order valence-corrected chi connectivity index (χ3v) is 3.94. The predicted molar refractivity (Wildman–Crippen MR) is 73.1 cm³/mol. The highest BCUT2D eigenvalue weighted by Gasteiger charge is 2.30. The van der Waals surface area contributed by atoms with Crippen LogP contribution < -0.4 is 4.74 Å². The van der Waals surface area contributed by atoms with Crippen molar-refractivity contribution in [3.8, 4) is 11.8 Å². The third kappa shape index (κ3) is 2.78. The molecule has 1 aliphatic carbocycles. The minimum Gasteiger partial charge on any atom is -0.496 e. The molecule has 0 bridgehead atoms. The topological polar surface area (TPSA) is 50.1 Å². The Morgan fingerprint density at radius 1 is 1.42 bits per heavy atom. The molecule has 1 aliphatic rings. The number of ketones is 1. The van der Waals surface area contributed by atoms with Crippen LogP contribution in [0.4, 0.5) is 0 Å². The first-order valence-electron chi connectivity index (χ1n) is 6.75. The van der Waals surface area contributed by atoms with Gasteiger partial charge in [-0.05, 0) is 37.0 Å². The molecule has 100 valence electrons. The lowest BCUT2D eigenvalue weighted by Gasteiger charge is -2.15. The Labute approximate surface area is 114 Å². The van der Waals surface area contributed by atoms with E-state index < -0.39 is 5.92 Å². The van der Waals surface area contributed by atoms with Crippen LogP contribution in [0.1, 0.15) is 42.7 Å². The Morgan fingerprint density at radius 2 is 2.11 bits per heavy atom. The molecular weight excluding hydrogens is 238 g/mol. The second kappa shape index (κ2) is 5.88. The summed E-state index contributed by atoms with van der Waals surface area (Å²) in [5, 5.41) is 9.33. The number of nitrogens with zero attached hydrogens (tertiary/aromatic N) is 1. The Hall–Kier alpha value is -1.82. The van der Waals surface area contributed by atoms with Crippen molar-refractivity contribution in [3.63, 3.8) is 0 Å². The molecule has 2 rings (SSSR count). The molecule has 0 aromatic heterocycles. The second-order valence-corrected chi connectivity index (χ2v) is 5.17. The third-order valence-electron chi connectivity index (χ3n) is 3.94. The Kier molecular flexibility index (Phi) is 4.21. The predicted octanol–water partition coefficient (Wildman–Crippen LogP) is 3.37. The molecule has 0 radical (unpaired) electrons. The van der Waals surface area contributed by atoms with Gasteiger partial charge in [-0.1, -0.05) is 25.0 Å². The normalized spacial score (nSPS) is 16.9. The van der Waals surface area contributed by atoms with Crippen LogP contribution in [-0.2, 0) is 4.79 Å². The summed E-state index contributed by atoms with van der Waals surface area (Å²) < 4.78 is 5.26. The molecule has 0 heterocycles. The fourth-order valence-corrected chi connectivity index (χ4v) is 2.76. The number of nitriles is 1. The maximum atomic E-state index is 12.4. The minimum absolute atomic E-state index is 0.0666. The van der Waals surface area contributed by atoms with Crippen LogP contribution in [0.25, 0.3) is 0 Å². The maximum absolute atomic E-state index is 12.4. The minimum atomic E-state index is -0.655. The van der Waals surface area contributed by atoms with E-state index in [-0.39, 0.29) is 11.7 Å². The maximum Gasteiger partial charge on any atom is 0.157 e. The van der Waals surface area contributed by atoms with Crippen LogP contribution in [0.3, 0.4) is 0 Å². The number of carbonyl (C=O) groups excluding carboxylic acids is 1. The van der Waals surface area contributed by atoms with E-state index in [1.54, 1.807) is 7.11 Å². The number of methoxy groups -OCH3 is 1. The Bertz CT molecular complexity index is 510. The van der Waals surface area contributed by atoms with E-state index in [0.29, 0.717) is 0 Å². The van der Waals surface area contributed by atoms with Crippen LogP contribution in [0.5, 0.6) is 5.75 Å². The van der Waals surface area contributed by atoms with Gasteiger partial charge in [-0.2, -0.15) is 5.26 Å². The quantitative estimate of drug-likeness (QED) is 0.831. The van der Waals surface area contributed by atoms with Crippen LogP contribution in [-0.4, -0.2) is 12.9 Å². The van der Waals surface area contributed by atoms with E-state index in [0.717, 1.165) is 42.6 Å². The van der Waals surface area contributed by atoms with Crippen LogP contribution in [0.2, 0.25) is 0 Å². The summed E-state index contributed by atoms with van der Waals surface area (Å²) in [6, 6.07) is 7.74. The first kappa shape index (κ1) is 13.6. The van der Waals surface area contributed by atoms with E-state index in [9.17, 15) is 10.1 Å². The molecule has 3 heteroatoms. The molecule has 3 nitrogen and oxygen atoms in total. The fraction of sp³-hybridized carbons (Fsp3) is 0.500. The molecule has 1 aromatic carbocycles. The molecule has 0 aliphatic heterocycles. The molecule has 1 fully saturated rings. The van der Waals surface area contributed by atoms with Crippen molar-refractivity contribution in [2.24, 2.45) is 5.92 Å². The molecule has 1 saturated carbocycles. The standard InChI is InChI=1S/C16H19NO2/c1-11-7-8-13(9-15(11)19-2)14(10-17)16(18)12-5-3-4-6-12/h7-9,12,14H,3-6H2,1-2H3. The van der Waals surface area contributed by atoms with Crippen molar-refractivity contribution in [2.45, 2.75) is 38.5 Å². The van der Waals surface area contributed by atoms with Gasteiger partial charge >= 0.3 is 0 Å². The summed E-state index contributed by atoms with van der Waals surface area (Å²) in [6.07, 6.45) is 4.07. The molecule has 0 spiro atoms. The van der Waals surface area contributed by atoms with Gasteiger partial charge in [0.1, 0.15) is 11.7 Å². The second-order valence-electron chi connectivity index (χ2n) is 5.17. The lowest BCUT2D eigenvalue weighted by atomic mass is 9.87. The van der Waals surface area contributed by atoms with Crippen molar-refractivity contribution in [2.75, 3.05) is 7.11 Å². The van der Waals surface area contributed by atoms with Crippen LogP contribution in [0.15, 0.2) is 18.2 Å². The zero-order valence-corrected chi connectivity index (χ0v) is 11.5. The van der Waals surface area contributed by atoms with Gasteiger partial charge in [-0.15, -0.1) is 0 Å². The molecule has 0 N–H and O–H groups in total. The van der Waals surface area contributed by atoms with Crippen LogP contribution >= 0.6 is 0 Å².